The Kier molecular flexibility index (Phi) is 5.69. The Balaban J connectivity index is 1.79. The zero-order chi connectivity index (χ0) is 20.4. The number of aryl methyl sites for hydroxylation is 1. The number of carbonyl (C=O) groups excluding carboxylic acids is 2. The van der Waals surface area contributed by atoms with Gasteiger partial charge in [0.05, 0.1) is 24.1 Å². The summed E-state index contributed by atoms with van der Waals surface area (Å²) in [4.78, 5) is 27.5. The Labute approximate surface area is 167 Å². The molecule has 2 aromatic heterocycles. The number of rotatable bonds is 7. The van der Waals surface area contributed by atoms with Crippen LogP contribution >= 0.6 is 11.8 Å². The fraction of sp³-hybridized carbons (Fsp3) is 0.300. The van der Waals surface area contributed by atoms with Crippen LogP contribution in [0.2, 0.25) is 0 Å². The molecule has 146 valence electrons. The van der Waals surface area contributed by atoms with Crippen LogP contribution < -0.4 is 4.74 Å². The maximum absolute atomic E-state index is 12.7. The summed E-state index contributed by atoms with van der Waals surface area (Å²) < 4.78 is 7.23. The second-order valence-corrected chi connectivity index (χ2v) is 7.40. The first-order valence-electron chi connectivity index (χ1n) is 8.74. The minimum absolute atomic E-state index is 0.0484. The van der Waals surface area contributed by atoms with Crippen LogP contribution in [-0.4, -0.2) is 44.2 Å². The van der Waals surface area contributed by atoms with Gasteiger partial charge in [-0.05, 0) is 38.5 Å². The van der Waals surface area contributed by atoms with E-state index in [-0.39, 0.29) is 17.3 Å². The second kappa shape index (κ2) is 8.02. The topological polar surface area (TPSA) is 89.9 Å². The van der Waals surface area contributed by atoms with Crippen LogP contribution in [0.3, 0.4) is 0 Å². The molecule has 0 unspecified atom stereocenters. The number of H-pyrrole nitrogens is 1. The van der Waals surface area contributed by atoms with Gasteiger partial charge in [-0.3, -0.25) is 9.59 Å². The minimum Gasteiger partial charge on any atom is -0.496 e. The lowest BCUT2D eigenvalue weighted by molar-refractivity contribution is 0.101. The van der Waals surface area contributed by atoms with E-state index in [0.717, 1.165) is 11.3 Å². The first kappa shape index (κ1) is 19.9. The van der Waals surface area contributed by atoms with Crippen molar-refractivity contribution in [3.63, 3.8) is 0 Å². The van der Waals surface area contributed by atoms with E-state index in [4.69, 9.17) is 4.74 Å². The summed E-state index contributed by atoms with van der Waals surface area (Å²) in [7, 11) is 3.46. The van der Waals surface area contributed by atoms with Crippen LogP contribution in [0.1, 0.15) is 39.0 Å². The van der Waals surface area contributed by atoms with Crippen LogP contribution in [0.25, 0.3) is 11.4 Å². The van der Waals surface area contributed by atoms with Crippen molar-refractivity contribution in [2.75, 3.05) is 12.9 Å². The van der Waals surface area contributed by atoms with Gasteiger partial charge in [0.2, 0.25) is 0 Å². The van der Waals surface area contributed by atoms with Gasteiger partial charge in [0.25, 0.3) is 0 Å². The van der Waals surface area contributed by atoms with Crippen molar-refractivity contribution < 1.29 is 14.3 Å². The number of para-hydroxylation sites is 1. The summed E-state index contributed by atoms with van der Waals surface area (Å²) in [5.41, 5.74) is 3.31. The van der Waals surface area contributed by atoms with Crippen molar-refractivity contribution in [2.45, 2.75) is 25.9 Å². The Morgan fingerprint density at radius 2 is 1.93 bits per heavy atom. The molecular formula is C20H22N4O3S. The molecule has 0 saturated heterocycles. The molecule has 0 aliphatic carbocycles. The number of nitrogens with zero attached hydrogens (tertiary/aromatic N) is 3. The Morgan fingerprint density at radius 3 is 2.57 bits per heavy atom. The van der Waals surface area contributed by atoms with Crippen molar-refractivity contribution in [1.29, 1.82) is 0 Å². The van der Waals surface area contributed by atoms with Gasteiger partial charge in [-0.2, -0.15) is 0 Å². The molecule has 0 atom stereocenters. The summed E-state index contributed by atoms with van der Waals surface area (Å²) in [5.74, 6) is 1.43. The molecule has 0 radical (unpaired) electrons. The van der Waals surface area contributed by atoms with E-state index in [0.29, 0.717) is 33.6 Å². The number of methoxy groups -OCH3 is 1. The second-order valence-electron chi connectivity index (χ2n) is 6.46. The normalized spacial score (nSPS) is 10.9. The predicted molar refractivity (Wildman–Crippen MR) is 108 cm³/mol. The van der Waals surface area contributed by atoms with Crippen molar-refractivity contribution in [1.82, 2.24) is 19.7 Å². The molecule has 1 aromatic carbocycles. The molecule has 0 fully saturated rings. The van der Waals surface area contributed by atoms with Crippen LogP contribution in [0.5, 0.6) is 5.75 Å². The van der Waals surface area contributed by atoms with Gasteiger partial charge >= 0.3 is 0 Å². The van der Waals surface area contributed by atoms with E-state index in [2.05, 4.69) is 15.2 Å². The first-order valence-corrected chi connectivity index (χ1v) is 9.72. The molecular weight excluding hydrogens is 376 g/mol. The Morgan fingerprint density at radius 1 is 1.21 bits per heavy atom. The smallest absolute Gasteiger partial charge is 0.191 e. The lowest BCUT2D eigenvalue weighted by atomic mass is 10.1. The number of nitrogens with one attached hydrogen (secondary N) is 1. The Bertz CT molecular complexity index is 1050. The molecule has 0 spiro atoms. The van der Waals surface area contributed by atoms with Gasteiger partial charge in [0.15, 0.2) is 22.5 Å². The first-order chi connectivity index (χ1) is 13.3. The standard InChI is InChI=1S/C20H22N4O3S/c1-11-17(13(3)25)12(2)21-18(11)15(26)10-28-20-23-22-19(24(20)4)14-8-6-7-9-16(14)27-5/h6-9,21H,10H2,1-5H3. The zero-order valence-electron chi connectivity index (χ0n) is 16.5. The molecule has 0 bridgehead atoms. The number of carbonyl (C=O) groups is 2. The molecule has 3 aromatic rings. The quantitative estimate of drug-likeness (QED) is 0.483. The number of aromatic nitrogens is 4. The minimum atomic E-state index is -0.0834. The molecule has 0 saturated carbocycles. The summed E-state index contributed by atoms with van der Waals surface area (Å²) in [6, 6.07) is 7.58. The SMILES string of the molecule is COc1ccccc1-c1nnc(SCC(=O)c2[nH]c(C)c(C(C)=O)c2C)n1C. The van der Waals surface area contributed by atoms with E-state index >= 15 is 0 Å². The maximum atomic E-state index is 12.7. The molecule has 1 N–H and O–H groups in total. The molecule has 7 nitrogen and oxygen atoms in total. The number of Topliss-reactive ketones (excluding diaryl/α,β-unsaturated/α-hetero) is 2. The molecule has 2 heterocycles. The number of aromatic amines is 1. The van der Waals surface area contributed by atoms with Crippen LogP contribution in [0.4, 0.5) is 0 Å². The fourth-order valence-electron chi connectivity index (χ4n) is 3.26. The number of hydrogen-bond donors (Lipinski definition) is 1. The molecule has 8 heteroatoms. The lowest BCUT2D eigenvalue weighted by Crippen LogP contribution is -2.06. The highest BCUT2D eigenvalue weighted by molar-refractivity contribution is 7.99. The van der Waals surface area contributed by atoms with Gasteiger partial charge in [0, 0.05) is 18.3 Å². The van der Waals surface area contributed by atoms with E-state index in [1.165, 1.54) is 18.7 Å². The summed E-state index contributed by atoms with van der Waals surface area (Å²) >= 11 is 1.31. The summed E-state index contributed by atoms with van der Waals surface area (Å²) in [5, 5.41) is 9.09. The molecule has 0 amide bonds. The highest BCUT2D eigenvalue weighted by atomic mass is 32.2. The van der Waals surface area contributed by atoms with Crippen LogP contribution in [0.15, 0.2) is 29.4 Å². The fourth-order valence-corrected chi connectivity index (χ4v) is 4.05. The Hall–Kier alpha value is -2.87. The van der Waals surface area contributed by atoms with Gasteiger partial charge in [-0.1, -0.05) is 23.9 Å². The van der Waals surface area contributed by atoms with Crippen molar-refractivity contribution >= 4 is 23.3 Å². The third-order valence-corrected chi connectivity index (χ3v) is 5.60. The van der Waals surface area contributed by atoms with E-state index < -0.39 is 0 Å². The highest BCUT2D eigenvalue weighted by Crippen LogP contribution is 2.30. The molecule has 0 aliphatic rings. The molecule has 28 heavy (non-hydrogen) atoms. The molecule has 0 aliphatic heterocycles. The zero-order valence-corrected chi connectivity index (χ0v) is 17.3. The maximum Gasteiger partial charge on any atom is 0.191 e. The summed E-state index contributed by atoms with van der Waals surface area (Å²) in [6.45, 7) is 5.10. The van der Waals surface area contributed by atoms with E-state index in [1.54, 1.807) is 21.0 Å². The summed E-state index contributed by atoms with van der Waals surface area (Å²) in [6.07, 6.45) is 0. The number of benzene rings is 1. The number of thioether (sulfide) groups is 1. The monoisotopic (exact) mass is 398 g/mol. The molecule has 3 rings (SSSR count). The van der Waals surface area contributed by atoms with Crippen molar-refractivity contribution in [3.05, 3.63) is 46.8 Å². The van der Waals surface area contributed by atoms with Gasteiger partial charge < -0.3 is 14.3 Å². The van der Waals surface area contributed by atoms with Gasteiger partial charge in [-0.25, -0.2) is 0 Å². The lowest BCUT2D eigenvalue weighted by Gasteiger charge is -2.08. The number of ether oxygens (including phenoxy) is 1. The third-order valence-electron chi connectivity index (χ3n) is 4.58. The third kappa shape index (κ3) is 3.60. The predicted octanol–water partition coefficient (Wildman–Crippen LogP) is 3.61. The highest BCUT2D eigenvalue weighted by Gasteiger charge is 2.21. The van der Waals surface area contributed by atoms with E-state index in [1.807, 2.05) is 35.9 Å². The van der Waals surface area contributed by atoms with Crippen molar-refractivity contribution in [3.8, 4) is 17.1 Å². The largest absolute Gasteiger partial charge is 0.496 e. The average Bonchev–Trinajstić information content (AvgIpc) is 3.18. The van der Waals surface area contributed by atoms with Crippen molar-refractivity contribution in [2.24, 2.45) is 7.05 Å². The number of hydrogen-bond acceptors (Lipinski definition) is 6. The van der Waals surface area contributed by atoms with Gasteiger partial charge in [-0.15, -0.1) is 10.2 Å². The van der Waals surface area contributed by atoms with Gasteiger partial charge in [0.1, 0.15) is 5.75 Å². The van der Waals surface area contributed by atoms with Crippen LogP contribution in [0, 0.1) is 13.8 Å². The number of ketones is 2. The van der Waals surface area contributed by atoms with Crippen LogP contribution in [-0.2, 0) is 7.05 Å². The van der Waals surface area contributed by atoms with E-state index in [9.17, 15) is 9.59 Å². The average molecular weight is 398 g/mol.